The molecule has 1 saturated heterocycles. The predicted molar refractivity (Wildman–Crippen MR) is 67.9 cm³/mol. The van der Waals surface area contributed by atoms with Gasteiger partial charge >= 0.3 is 0 Å². The lowest BCUT2D eigenvalue weighted by atomic mass is 10.1. The Morgan fingerprint density at radius 3 is 3.16 bits per heavy atom. The smallest absolute Gasteiger partial charge is 0.289 e. The van der Waals surface area contributed by atoms with Crippen LogP contribution >= 0.6 is 0 Å². The number of hydrogen-bond donors (Lipinski definition) is 0. The van der Waals surface area contributed by atoms with E-state index in [1.807, 2.05) is 11.8 Å². The molecule has 19 heavy (non-hydrogen) atoms. The number of carbonyl (C=O) groups is 1. The molecule has 0 unspecified atom stereocenters. The van der Waals surface area contributed by atoms with E-state index in [-0.39, 0.29) is 24.2 Å². The molecule has 0 bridgehead atoms. The second kappa shape index (κ2) is 5.35. The van der Waals surface area contributed by atoms with Gasteiger partial charge in [0.2, 0.25) is 0 Å². The monoisotopic (exact) mass is 265 g/mol. The van der Waals surface area contributed by atoms with Gasteiger partial charge in [0.15, 0.2) is 5.76 Å². The molecule has 0 N–H and O–H groups in total. The van der Waals surface area contributed by atoms with Crippen LogP contribution in [0, 0.1) is 0 Å². The quantitative estimate of drug-likeness (QED) is 0.834. The van der Waals surface area contributed by atoms with Crippen molar-refractivity contribution < 1.29 is 18.7 Å². The molecule has 0 spiro atoms. The molecule has 3 rings (SSSR count). The van der Waals surface area contributed by atoms with Gasteiger partial charge in [-0.05, 0) is 31.9 Å². The molecule has 1 aliphatic heterocycles. The van der Waals surface area contributed by atoms with Gasteiger partial charge in [-0.2, -0.15) is 0 Å². The van der Waals surface area contributed by atoms with Crippen molar-refractivity contribution in [2.75, 3.05) is 19.8 Å². The first-order valence-corrected chi connectivity index (χ1v) is 6.89. The lowest BCUT2D eigenvalue weighted by Gasteiger charge is -2.38. The molecular formula is C14H19NO4. The van der Waals surface area contributed by atoms with Crippen LogP contribution in [0.4, 0.5) is 0 Å². The second-order valence-corrected chi connectivity index (χ2v) is 4.95. The number of hydrogen-bond acceptors (Lipinski definition) is 4. The van der Waals surface area contributed by atoms with Gasteiger partial charge in [0.25, 0.3) is 5.91 Å². The van der Waals surface area contributed by atoms with Crippen molar-refractivity contribution >= 4 is 5.91 Å². The van der Waals surface area contributed by atoms with Crippen molar-refractivity contribution in [3.8, 4) is 0 Å². The standard InChI is InChI=1S/C14H19NO4/c1-2-17-11-6-5-10-13(11)19-9-7-15(10)14(16)12-4-3-8-18-12/h3-4,8,10-11,13H,2,5-7,9H2,1H3/t10-,11+,13+/m0/s1. The third-order valence-corrected chi connectivity index (χ3v) is 3.91. The highest BCUT2D eigenvalue weighted by Crippen LogP contribution is 2.32. The molecular weight excluding hydrogens is 246 g/mol. The van der Waals surface area contributed by atoms with Crippen LogP contribution in [-0.4, -0.2) is 48.8 Å². The second-order valence-electron chi connectivity index (χ2n) is 4.95. The average Bonchev–Trinajstić information content (AvgIpc) is 3.08. The van der Waals surface area contributed by atoms with E-state index in [9.17, 15) is 4.79 Å². The van der Waals surface area contributed by atoms with Crippen LogP contribution in [0.25, 0.3) is 0 Å². The van der Waals surface area contributed by atoms with Gasteiger partial charge in [0.05, 0.1) is 25.0 Å². The van der Waals surface area contributed by atoms with Gasteiger partial charge in [0, 0.05) is 13.2 Å². The number of nitrogens with zero attached hydrogens (tertiary/aromatic N) is 1. The Kier molecular flexibility index (Phi) is 3.57. The van der Waals surface area contributed by atoms with E-state index >= 15 is 0 Å². The highest BCUT2D eigenvalue weighted by molar-refractivity contribution is 5.91. The van der Waals surface area contributed by atoms with Gasteiger partial charge < -0.3 is 18.8 Å². The highest BCUT2D eigenvalue weighted by atomic mass is 16.5. The van der Waals surface area contributed by atoms with Gasteiger partial charge in [-0.3, -0.25) is 4.79 Å². The molecule has 1 aromatic rings. The van der Waals surface area contributed by atoms with Gasteiger partial charge in [-0.25, -0.2) is 0 Å². The van der Waals surface area contributed by atoms with Crippen LogP contribution in [0.15, 0.2) is 22.8 Å². The third-order valence-electron chi connectivity index (χ3n) is 3.91. The van der Waals surface area contributed by atoms with Crippen molar-refractivity contribution in [2.24, 2.45) is 0 Å². The number of fused-ring (bicyclic) bond motifs is 1. The Morgan fingerprint density at radius 1 is 1.53 bits per heavy atom. The van der Waals surface area contributed by atoms with E-state index < -0.39 is 0 Å². The molecule has 0 radical (unpaired) electrons. The molecule has 3 atom stereocenters. The van der Waals surface area contributed by atoms with Gasteiger partial charge in [-0.15, -0.1) is 0 Å². The summed E-state index contributed by atoms with van der Waals surface area (Å²) >= 11 is 0. The van der Waals surface area contributed by atoms with E-state index in [2.05, 4.69) is 0 Å². The number of rotatable bonds is 3. The lowest BCUT2D eigenvalue weighted by Crippen LogP contribution is -2.53. The van der Waals surface area contributed by atoms with Crippen molar-refractivity contribution in [3.05, 3.63) is 24.2 Å². The Hall–Kier alpha value is -1.33. The normalized spacial score (nSPS) is 30.4. The average molecular weight is 265 g/mol. The minimum atomic E-state index is -0.0413. The Bertz CT molecular complexity index is 431. The van der Waals surface area contributed by atoms with Crippen molar-refractivity contribution in [1.82, 2.24) is 4.90 Å². The van der Waals surface area contributed by atoms with Crippen LogP contribution in [-0.2, 0) is 9.47 Å². The van der Waals surface area contributed by atoms with Crippen LogP contribution in [0.3, 0.4) is 0 Å². The summed E-state index contributed by atoms with van der Waals surface area (Å²) in [6, 6.07) is 3.56. The van der Waals surface area contributed by atoms with Gasteiger partial charge in [-0.1, -0.05) is 0 Å². The van der Waals surface area contributed by atoms with Gasteiger partial charge in [0.1, 0.15) is 6.10 Å². The fourth-order valence-electron chi connectivity index (χ4n) is 3.10. The fourth-order valence-corrected chi connectivity index (χ4v) is 3.10. The SMILES string of the molecule is CCO[C@@H]1CC[C@H]2[C@H]1OCCN2C(=O)c1ccco1. The minimum Gasteiger partial charge on any atom is -0.459 e. The zero-order valence-electron chi connectivity index (χ0n) is 11.1. The molecule has 1 aliphatic carbocycles. The summed E-state index contributed by atoms with van der Waals surface area (Å²) in [5, 5.41) is 0. The first-order valence-electron chi connectivity index (χ1n) is 6.89. The van der Waals surface area contributed by atoms with Crippen LogP contribution in [0.2, 0.25) is 0 Å². The fraction of sp³-hybridized carbons (Fsp3) is 0.643. The summed E-state index contributed by atoms with van der Waals surface area (Å²) in [6.07, 6.45) is 3.53. The topological polar surface area (TPSA) is 51.9 Å². The summed E-state index contributed by atoms with van der Waals surface area (Å²) in [6.45, 7) is 3.86. The summed E-state index contributed by atoms with van der Waals surface area (Å²) in [7, 11) is 0. The number of ether oxygens (including phenoxy) is 2. The molecule has 1 aromatic heterocycles. The molecule has 1 amide bonds. The lowest BCUT2D eigenvalue weighted by molar-refractivity contribution is -0.103. The van der Waals surface area contributed by atoms with Crippen LogP contribution < -0.4 is 0 Å². The minimum absolute atomic E-state index is 0.00705. The first kappa shape index (κ1) is 12.7. The number of furan rings is 1. The third kappa shape index (κ3) is 2.28. The van der Waals surface area contributed by atoms with E-state index in [0.717, 1.165) is 12.8 Å². The maximum absolute atomic E-state index is 12.4. The number of morpholine rings is 1. The van der Waals surface area contributed by atoms with Crippen LogP contribution in [0.5, 0.6) is 0 Å². The largest absolute Gasteiger partial charge is 0.459 e. The summed E-state index contributed by atoms with van der Waals surface area (Å²) in [5.41, 5.74) is 0. The zero-order valence-corrected chi connectivity index (χ0v) is 11.1. The number of amides is 1. The molecule has 5 nitrogen and oxygen atoms in total. The first-order chi connectivity index (χ1) is 9.31. The Morgan fingerprint density at radius 2 is 2.42 bits per heavy atom. The number of carbonyl (C=O) groups excluding carboxylic acids is 1. The van der Waals surface area contributed by atoms with E-state index in [1.165, 1.54) is 6.26 Å². The highest BCUT2D eigenvalue weighted by Gasteiger charge is 2.45. The van der Waals surface area contributed by atoms with E-state index in [4.69, 9.17) is 13.9 Å². The van der Waals surface area contributed by atoms with Crippen molar-refractivity contribution in [3.63, 3.8) is 0 Å². The molecule has 1 saturated carbocycles. The van der Waals surface area contributed by atoms with Crippen molar-refractivity contribution in [1.29, 1.82) is 0 Å². The molecule has 2 heterocycles. The molecule has 104 valence electrons. The summed E-state index contributed by atoms with van der Waals surface area (Å²) in [5.74, 6) is 0.362. The van der Waals surface area contributed by atoms with E-state index in [0.29, 0.717) is 25.5 Å². The Balaban J connectivity index is 1.75. The predicted octanol–water partition coefficient (Wildman–Crippen LogP) is 1.69. The maximum atomic E-state index is 12.4. The van der Waals surface area contributed by atoms with Crippen molar-refractivity contribution in [2.45, 2.75) is 38.0 Å². The Labute approximate surface area is 112 Å². The summed E-state index contributed by atoms with van der Waals surface area (Å²) < 4.78 is 16.7. The zero-order chi connectivity index (χ0) is 13.2. The summed E-state index contributed by atoms with van der Waals surface area (Å²) in [4.78, 5) is 14.3. The van der Waals surface area contributed by atoms with E-state index in [1.54, 1.807) is 12.1 Å². The molecule has 2 aliphatic rings. The molecule has 0 aromatic carbocycles. The van der Waals surface area contributed by atoms with Crippen LogP contribution in [0.1, 0.15) is 30.3 Å². The molecule has 2 fully saturated rings. The molecule has 5 heteroatoms. The maximum Gasteiger partial charge on any atom is 0.289 e.